The highest BCUT2D eigenvalue weighted by Crippen LogP contribution is 2.24. The maximum Gasteiger partial charge on any atom is 0.336 e. The van der Waals surface area contributed by atoms with E-state index in [1.807, 2.05) is 103 Å². The van der Waals surface area contributed by atoms with Gasteiger partial charge in [-0.25, -0.2) is 9.79 Å². The van der Waals surface area contributed by atoms with Crippen LogP contribution in [0.5, 0.6) is 0 Å². The SMILES string of the molecule is O=C(O)c1cc(-c2ccccc2)[n+](C/C(=N/N=C2/N=C(c3ccccc3)CS2)c2ccccc2)c2ccccc12. The van der Waals surface area contributed by atoms with Crippen LogP contribution in [0.25, 0.3) is 22.2 Å². The number of para-hydroxylation sites is 1. The van der Waals surface area contributed by atoms with E-state index in [0.29, 0.717) is 17.1 Å². The van der Waals surface area contributed by atoms with E-state index in [1.54, 1.807) is 17.8 Å². The molecule has 40 heavy (non-hydrogen) atoms. The van der Waals surface area contributed by atoms with Crippen molar-refractivity contribution in [1.82, 2.24) is 0 Å². The highest BCUT2D eigenvalue weighted by molar-refractivity contribution is 8.15. The largest absolute Gasteiger partial charge is 0.478 e. The molecule has 0 fully saturated rings. The zero-order chi connectivity index (χ0) is 27.3. The molecular weight excluding hydrogens is 516 g/mol. The van der Waals surface area contributed by atoms with Crippen LogP contribution in [0, 0.1) is 0 Å². The lowest BCUT2D eigenvalue weighted by atomic mass is 10.0. The fourth-order valence-corrected chi connectivity index (χ4v) is 5.53. The third-order valence-electron chi connectivity index (χ3n) is 6.70. The molecular formula is C33H25N4O2S+. The first-order valence-electron chi connectivity index (χ1n) is 12.9. The van der Waals surface area contributed by atoms with Gasteiger partial charge in [-0.2, -0.15) is 4.57 Å². The van der Waals surface area contributed by atoms with Gasteiger partial charge in [-0.05, 0) is 23.8 Å². The number of carboxylic acids is 1. The second kappa shape index (κ2) is 11.5. The highest BCUT2D eigenvalue weighted by atomic mass is 32.2. The molecule has 1 aliphatic heterocycles. The van der Waals surface area contributed by atoms with Gasteiger partial charge in [0.2, 0.25) is 16.4 Å². The normalized spacial score (nSPS) is 14.4. The summed E-state index contributed by atoms with van der Waals surface area (Å²) in [6.45, 7) is 0.380. The number of pyridine rings is 1. The number of hydrogen-bond acceptors (Lipinski definition) is 4. The molecule has 5 aromatic rings. The van der Waals surface area contributed by atoms with Gasteiger partial charge in [0.1, 0.15) is 5.71 Å². The quantitative estimate of drug-likeness (QED) is 0.145. The van der Waals surface area contributed by atoms with Gasteiger partial charge in [-0.3, -0.25) is 0 Å². The van der Waals surface area contributed by atoms with Crippen LogP contribution in [0.1, 0.15) is 21.5 Å². The van der Waals surface area contributed by atoms with Crippen LogP contribution < -0.4 is 4.57 Å². The van der Waals surface area contributed by atoms with Crippen LogP contribution in [0.3, 0.4) is 0 Å². The lowest BCUT2D eigenvalue weighted by Gasteiger charge is -2.11. The average Bonchev–Trinajstić information content (AvgIpc) is 3.49. The second-order valence-corrected chi connectivity index (χ2v) is 10.2. The Morgan fingerprint density at radius 3 is 2.15 bits per heavy atom. The van der Waals surface area contributed by atoms with Crippen molar-refractivity contribution in [2.75, 3.05) is 5.75 Å². The van der Waals surface area contributed by atoms with Crippen LogP contribution in [0.15, 0.2) is 137 Å². The van der Waals surface area contributed by atoms with Crippen molar-refractivity contribution in [1.29, 1.82) is 0 Å². The minimum atomic E-state index is -0.964. The molecule has 0 aliphatic carbocycles. The Balaban J connectivity index is 1.49. The van der Waals surface area contributed by atoms with Crippen molar-refractivity contribution < 1.29 is 14.5 Å². The number of aliphatic imine (C=N–C) groups is 1. The van der Waals surface area contributed by atoms with Gasteiger partial charge in [-0.1, -0.05) is 103 Å². The van der Waals surface area contributed by atoms with E-state index >= 15 is 0 Å². The van der Waals surface area contributed by atoms with Gasteiger partial charge in [0.15, 0.2) is 6.54 Å². The first kappa shape index (κ1) is 25.4. The highest BCUT2D eigenvalue weighted by Gasteiger charge is 2.25. The molecule has 194 valence electrons. The summed E-state index contributed by atoms with van der Waals surface area (Å²) in [6, 6.07) is 39.2. The third-order valence-corrected chi connectivity index (χ3v) is 7.55. The van der Waals surface area contributed by atoms with Crippen LogP contribution in [-0.2, 0) is 6.54 Å². The van der Waals surface area contributed by atoms with E-state index in [2.05, 4.69) is 21.8 Å². The van der Waals surface area contributed by atoms with Gasteiger partial charge in [0, 0.05) is 29.0 Å². The lowest BCUT2D eigenvalue weighted by Crippen LogP contribution is -2.41. The molecule has 0 atom stereocenters. The minimum absolute atomic E-state index is 0.259. The summed E-state index contributed by atoms with van der Waals surface area (Å²) in [4.78, 5) is 17.0. The van der Waals surface area contributed by atoms with Gasteiger partial charge >= 0.3 is 5.97 Å². The molecule has 6 rings (SSSR count). The number of fused-ring (bicyclic) bond motifs is 1. The maximum atomic E-state index is 12.3. The summed E-state index contributed by atoms with van der Waals surface area (Å²) >= 11 is 1.56. The van der Waals surface area contributed by atoms with Crippen LogP contribution >= 0.6 is 11.8 Å². The van der Waals surface area contributed by atoms with Gasteiger partial charge in [0.25, 0.3) is 0 Å². The van der Waals surface area contributed by atoms with Crippen molar-refractivity contribution in [3.63, 3.8) is 0 Å². The predicted molar refractivity (Wildman–Crippen MR) is 162 cm³/mol. The molecule has 2 heterocycles. The van der Waals surface area contributed by atoms with E-state index in [4.69, 9.17) is 10.1 Å². The van der Waals surface area contributed by atoms with Crippen molar-refractivity contribution in [3.8, 4) is 11.3 Å². The number of aromatic carboxylic acids is 1. The number of carbonyl (C=O) groups is 1. The average molecular weight is 542 g/mol. The number of thioether (sulfide) groups is 1. The Kier molecular flexibility index (Phi) is 7.28. The smallest absolute Gasteiger partial charge is 0.336 e. The van der Waals surface area contributed by atoms with Gasteiger partial charge < -0.3 is 5.11 Å². The molecule has 1 aliphatic rings. The molecule has 7 heteroatoms. The summed E-state index contributed by atoms with van der Waals surface area (Å²) in [5.74, 6) is -0.220. The van der Waals surface area contributed by atoms with Crippen LogP contribution in [0.2, 0.25) is 0 Å². The molecule has 4 aromatic carbocycles. The predicted octanol–water partition coefficient (Wildman–Crippen LogP) is 6.49. The fourth-order valence-electron chi connectivity index (χ4n) is 4.76. The zero-order valence-corrected chi connectivity index (χ0v) is 22.3. The molecule has 6 nitrogen and oxygen atoms in total. The Labute approximate surface area is 236 Å². The first-order chi connectivity index (χ1) is 19.7. The van der Waals surface area contributed by atoms with Crippen molar-refractivity contribution in [3.05, 3.63) is 138 Å². The zero-order valence-electron chi connectivity index (χ0n) is 21.5. The molecule has 0 bridgehead atoms. The van der Waals surface area contributed by atoms with Crippen LogP contribution in [-0.4, -0.2) is 33.4 Å². The van der Waals surface area contributed by atoms with Crippen molar-refractivity contribution in [2.24, 2.45) is 15.2 Å². The molecule has 0 saturated carbocycles. The Morgan fingerprint density at radius 1 is 0.825 bits per heavy atom. The van der Waals surface area contributed by atoms with E-state index < -0.39 is 5.97 Å². The number of nitrogens with zero attached hydrogens (tertiary/aromatic N) is 4. The lowest BCUT2D eigenvalue weighted by molar-refractivity contribution is -0.644. The number of hydrogen-bond donors (Lipinski definition) is 1. The number of carboxylic acid groups (broad SMARTS) is 1. The fraction of sp³-hybridized carbons (Fsp3) is 0.0606. The van der Waals surface area contributed by atoms with E-state index in [9.17, 15) is 9.90 Å². The monoisotopic (exact) mass is 541 g/mol. The molecule has 0 unspecified atom stereocenters. The molecule has 0 amide bonds. The number of rotatable bonds is 7. The van der Waals surface area contributed by atoms with Gasteiger partial charge in [-0.15, -0.1) is 10.2 Å². The van der Waals surface area contributed by atoms with Crippen molar-refractivity contribution >= 4 is 45.2 Å². The Bertz CT molecular complexity index is 1780. The van der Waals surface area contributed by atoms with E-state index in [1.165, 1.54) is 0 Å². The summed E-state index contributed by atoms with van der Waals surface area (Å²) in [5.41, 5.74) is 6.50. The summed E-state index contributed by atoms with van der Waals surface area (Å²) in [7, 11) is 0. The molecule has 1 aromatic heterocycles. The Morgan fingerprint density at radius 2 is 1.45 bits per heavy atom. The standard InChI is InChI=1S/C33H24N4O2S/c38-32(39)27-20-31(25-16-8-3-9-17-25)37(30-19-11-10-18-26(27)30)21-28(23-12-4-1-5-13-23)35-36-33-34-29(22-40-33)24-14-6-2-7-15-24/h1-20H,21-22H2/p+1/b35-28-,36-33-. The second-order valence-electron chi connectivity index (χ2n) is 9.23. The first-order valence-corrected chi connectivity index (χ1v) is 13.9. The number of amidine groups is 1. The summed E-state index contributed by atoms with van der Waals surface area (Å²) in [6.07, 6.45) is 0. The third kappa shape index (κ3) is 5.32. The molecule has 0 saturated heterocycles. The van der Waals surface area contributed by atoms with E-state index in [-0.39, 0.29) is 5.56 Å². The van der Waals surface area contributed by atoms with Gasteiger partial charge in [0.05, 0.1) is 16.7 Å². The maximum absolute atomic E-state index is 12.3. The molecule has 0 radical (unpaired) electrons. The topological polar surface area (TPSA) is 78.3 Å². The molecule has 0 spiro atoms. The summed E-state index contributed by atoms with van der Waals surface area (Å²) < 4.78 is 2.11. The number of benzene rings is 4. The van der Waals surface area contributed by atoms with E-state index in [0.717, 1.165) is 45.1 Å². The minimum Gasteiger partial charge on any atom is -0.478 e. The van der Waals surface area contributed by atoms with Crippen molar-refractivity contribution in [2.45, 2.75) is 6.54 Å². The van der Waals surface area contributed by atoms with Crippen LogP contribution in [0.4, 0.5) is 0 Å². The Hall–Kier alpha value is -4.88. The summed E-state index contributed by atoms with van der Waals surface area (Å²) in [5, 5.41) is 20.6. The molecule has 1 N–H and O–H groups in total. The number of aromatic nitrogens is 1.